The molecule has 1 aromatic rings. The van der Waals surface area contributed by atoms with E-state index in [4.69, 9.17) is 9.47 Å². The molecule has 0 unspecified atom stereocenters. The Kier molecular flexibility index (Phi) is 5.84. The van der Waals surface area contributed by atoms with E-state index in [-0.39, 0.29) is 39.6 Å². The zero-order chi connectivity index (χ0) is 22.5. The van der Waals surface area contributed by atoms with Gasteiger partial charge < -0.3 is 9.47 Å². The van der Waals surface area contributed by atoms with Crippen molar-refractivity contribution in [2.75, 3.05) is 18.1 Å². The molecule has 0 aromatic heterocycles. The summed E-state index contributed by atoms with van der Waals surface area (Å²) in [6, 6.07) is 7.28. The highest BCUT2D eigenvalue weighted by Crippen LogP contribution is 2.59. The first-order valence-corrected chi connectivity index (χ1v) is 14.0. The van der Waals surface area contributed by atoms with Gasteiger partial charge in [-0.3, -0.25) is 4.79 Å². The molecule has 1 heterocycles. The second kappa shape index (κ2) is 8.38. The molecule has 0 atom stereocenters. The Labute approximate surface area is 195 Å². The van der Waals surface area contributed by atoms with Crippen molar-refractivity contribution in [3.63, 3.8) is 0 Å². The highest BCUT2D eigenvalue weighted by atomic mass is 32.2. The lowest BCUT2D eigenvalue weighted by atomic mass is 9.50. The molecule has 4 aliphatic carbocycles. The first kappa shape index (κ1) is 22.3. The molecule has 0 radical (unpaired) electrons. The number of carbonyl (C=O) groups is 2. The van der Waals surface area contributed by atoms with Crippen LogP contribution in [-0.4, -0.2) is 40.2 Å². The van der Waals surface area contributed by atoms with Crippen LogP contribution in [0.3, 0.4) is 0 Å². The predicted molar refractivity (Wildman–Crippen MR) is 128 cm³/mol. The van der Waals surface area contributed by atoms with Crippen molar-refractivity contribution in [2.45, 2.75) is 76.1 Å². The molecule has 5 aliphatic rings. The molecule has 5 fully saturated rings. The van der Waals surface area contributed by atoms with Gasteiger partial charge >= 0.3 is 5.97 Å². The number of rotatable bonds is 7. The lowest BCUT2D eigenvalue weighted by Crippen LogP contribution is -2.58. The van der Waals surface area contributed by atoms with Gasteiger partial charge in [0.2, 0.25) is 5.78 Å². The maximum absolute atomic E-state index is 13.1. The van der Waals surface area contributed by atoms with Crippen LogP contribution < -0.4 is 4.74 Å². The number of ether oxygens (including phenoxy) is 2. The van der Waals surface area contributed by atoms with E-state index in [1.807, 2.05) is 12.1 Å². The van der Waals surface area contributed by atoms with Crippen molar-refractivity contribution in [3.8, 4) is 5.75 Å². The molecule has 4 nitrogen and oxygen atoms in total. The number of esters is 1. The second-order valence-corrected chi connectivity index (χ2v) is 14.0. The van der Waals surface area contributed by atoms with Crippen LogP contribution in [0.4, 0.5) is 0 Å². The van der Waals surface area contributed by atoms with Gasteiger partial charge in [-0.1, -0.05) is 0 Å². The van der Waals surface area contributed by atoms with Gasteiger partial charge in [0.1, 0.15) is 22.9 Å². The Morgan fingerprint density at radius 3 is 2.09 bits per heavy atom. The van der Waals surface area contributed by atoms with E-state index < -0.39 is 0 Å². The van der Waals surface area contributed by atoms with E-state index in [1.54, 1.807) is 12.1 Å². The lowest BCUT2D eigenvalue weighted by Gasteiger charge is -2.59. The molecular weight excluding hydrogens is 420 g/mol. The lowest BCUT2D eigenvalue weighted by molar-refractivity contribution is -0.204. The van der Waals surface area contributed by atoms with Gasteiger partial charge in [-0.2, -0.15) is 0 Å². The van der Waals surface area contributed by atoms with Crippen molar-refractivity contribution >= 4 is 22.6 Å². The van der Waals surface area contributed by atoms with E-state index in [0.29, 0.717) is 17.6 Å². The Morgan fingerprint density at radius 1 is 0.969 bits per heavy atom. The highest BCUT2D eigenvalue weighted by molar-refractivity contribution is 7.99. The summed E-state index contributed by atoms with van der Waals surface area (Å²) in [6.45, 7) is 6.26. The normalized spacial score (nSPS) is 34.0. The molecule has 4 saturated carbocycles. The first-order chi connectivity index (χ1) is 15.3. The third kappa shape index (κ3) is 3.99. The molecule has 6 rings (SSSR count). The van der Waals surface area contributed by atoms with Gasteiger partial charge in [0.25, 0.3) is 0 Å². The van der Waals surface area contributed by atoms with E-state index >= 15 is 0 Å². The largest absolute Gasteiger partial charge is 0.482 e. The smallest absolute Gasteiger partial charge is 0.344 e. The van der Waals surface area contributed by atoms with E-state index in [0.717, 1.165) is 17.4 Å². The third-order valence-corrected chi connectivity index (χ3v) is 12.1. The quantitative estimate of drug-likeness (QED) is 0.321. The topological polar surface area (TPSA) is 52.6 Å². The standard InChI is InChI=1S/C27H37O4S/c1-26(2,32-10-4-5-11-32)25(29)20-6-8-23(9-7-20)30-17-24(28)31-27(3)21-13-18-12-19(15-21)16-22(27)14-18/h6-9,18-19,21-22H,4-5,10-17H2,1-3H3/q+1. The van der Waals surface area contributed by atoms with Gasteiger partial charge in [-0.15, -0.1) is 0 Å². The molecule has 0 N–H and O–H groups in total. The number of ketones is 1. The monoisotopic (exact) mass is 457 g/mol. The minimum Gasteiger partial charge on any atom is -0.482 e. The van der Waals surface area contributed by atoms with Crippen molar-refractivity contribution in [1.29, 1.82) is 0 Å². The summed E-state index contributed by atoms with van der Waals surface area (Å²) in [5, 5.41) is 0. The molecule has 1 aromatic carbocycles. The second-order valence-electron chi connectivity index (χ2n) is 11.2. The zero-order valence-corrected chi connectivity index (χ0v) is 20.5. The number of hydrogen-bond donors (Lipinski definition) is 0. The highest BCUT2D eigenvalue weighted by Gasteiger charge is 2.57. The van der Waals surface area contributed by atoms with Gasteiger partial charge in [-0.25, -0.2) is 4.79 Å². The van der Waals surface area contributed by atoms with Gasteiger partial charge in [0, 0.05) is 16.5 Å². The molecule has 174 valence electrons. The summed E-state index contributed by atoms with van der Waals surface area (Å²) in [5.74, 6) is 5.60. The predicted octanol–water partition coefficient (Wildman–Crippen LogP) is 5.20. The number of carbonyl (C=O) groups excluding carboxylic acids is 2. The van der Waals surface area contributed by atoms with Crippen molar-refractivity contribution in [1.82, 2.24) is 0 Å². The summed E-state index contributed by atoms with van der Waals surface area (Å²) >= 11 is 0. The molecule has 0 amide bonds. The maximum Gasteiger partial charge on any atom is 0.344 e. The molecule has 4 bridgehead atoms. The van der Waals surface area contributed by atoms with Gasteiger partial charge in [-0.05, 0) is 114 Å². The first-order valence-electron chi connectivity index (χ1n) is 12.4. The van der Waals surface area contributed by atoms with E-state index in [1.165, 1.54) is 56.5 Å². The zero-order valence-electron chi connectivity index (χ0n) is 19.7. The SMILES string of the molecule is CC1(OC(=O)COc2ccc(C(=O)C(C)(C)[S+]3CCCC3)cc2)C2CC3CC(C2)CC1C3. The third-order valence-electron chi connectivity index (χ3n) is 8.87. The van der Waals surface area contributed by atoms with Gasteiger partial charge in [0.05, 0.1) is 0 Å². The van der Waals surface area contributed by atoms with Crippen LogP contribution in [0, 0.1) is 23.7 Å². The van der Waals surface area contributed by atoms with Crippen LogP contribution in [0.1, 0.15) is 76.1 Å². The Bertz CT molecular complexity index is 840. The Morgan fingerprint density at radius 2 is 1.53 bits per heavy atom. The van der Waals surface area contributed by atoms with Crippen molar-refractivity contribution in [2.24, 2.45) is 23.7 Å². The number of hydrogen-bond acceptors (Lipinski definition) is 4. The summed E-state index contributed by atoms with van der Waals surface area (Å²) < 4.78 is 11.5. The summed E-state index contributed by atoms with van der Waals surface area (Å²) in [6.07, 6.45) is 8.72. The van der Waals surface area contributed by atoms with Crippen LogP contribution in [0.2, 0.25) is 0 Å². The molecule has 0 spiro atoms. The van der Waals surface area contributed by atoms with E-state index in [9.17, 15) is 9.59 Å². The maximum atomic E-state index is 13.1. The average molecular weight is 458 g/mol. The van der Waals surface area contributed by atoms with Crippen LogP contribution in [0.15, 0.2) is 24.3 Å². The van der Waals surface area contributed by atoms with Crippen LogP contribution in [0.5, 0.6) is 5.75 Å². The Hall–Kier alpha value is -1.49. The molecular formula is C27H37O4S+. The van der Waals surface area contributed by atoms with Crippen LogP contribution in [0.25, 0.3) is 0 Å². The van der Waals surface area contributed by atoms with Crippen molar-refractivity contribution in [3.05, 3.63) is 29.8 Å². The van der Waals surface area contributed by atoms with Gasteiger partial charge in [0.15, 0.2) is 11.4 Å². The summed E-state index contributed by atoms with van der Waals surface area (Å²) in [5.41, 5.74) is 0.405. The Balaban J connectivity index is 1.16. The van der Waals surface area contributed by atoms with Crippen LogP contribution >= 0.6 is 0 Å². The van der Waals surface area contributed by atoms with Crippen LogP contribution in [-0.2, 0) is 20.4 Å². The minimum absolute atomic E-state index is 0.0792. The minimum atomic E-state index is -0.323. The molecule has 1 saturated heterocycles. The fourth-order valence-electron chi connectivity index (χ4n) is 7.05. The average Bonchev–Trinajstić information content (AvgIpc) is 3.31. The molecule has 32 heavy (non-hydrogen) atoms. The van der Waals surface area contributed by atoms with Crippen molar-refractivity contribution < 1.29 is 19.1 Å². The molecule has 5 heteroatoms. The number of Topliss-reactive ketones (excluding diaryl/α,β-unsaturated/α-hetero) is 1. The summed E-state index contributed by atoms with van der Waals surface area (Å²) in [4.78, 5) is 25.8. The van der Waals surface area contributed by atoms with E-state index in [2.05, 4.69) is 20.8 Å². The fourth-order valence-corrected chi connectivity index (χ4v) is 9.76. The summed E-state index contributed by atoms with van der Waals surface area (Å²) in [7, 11) is 0.165. The molecule has 1 aliphatic heterocycles. The fraction of sp³-hybridized carbons (Fsp3) is 0.704. The number of benzene rings is 1.